The average molecular weight is 366 g/mol. The molecular formula is C21H17ClFN3. The molecular weight excluding hydrogens is 349 g/mol. The van der Waals surface area contributed by atoms with Gasteiger partial charge in [-0.1, -0.05) is 23.7 Å². The van der Waals surface area contributed by atoms with Crippen LogP contribution in [-0.2, 0) is 19.3 Å². The third-order valence-corrected chi connectivity index (χ3v) is 4.83. The molecule has 0 amide bonds. The molecule has 4 aromatic rings. The van der Waals surface area contributed by atoms with Gasteiger partial charge in [0, 0.05) is 41.1 Å². The smallest absolute Gasteiger partial charge is 0.137 e. The first-order valence-electron chi connectivity index (χ1n) is 8.48. The highest BCUT2D eigenvalue weighted by molar-refractivity contribution is 6.31. The molecule has 130 valence electrons. The minimum absolute atomic E-state index is 0.311. The van der Waals surface area contributed by atoms with Crippen LogP contribution in [0.3, 0.4) is 0 Å². The molecule has 0 saturated heterocycles. The lowest BCUT2D eigenvalue weighted by molar-refractivity contribution is 0.627. The van der Waals surface area contributed by atoms with Crippen LogP contribution in [0, 0.1) is 5.82 Å². The SMILES string of the molecule is Fc1ccc(CCc2ccc(Cc3c[nH]c4ncccc34)cn2)c(Cl)c1. The molecule has 0 bridgehead atoms. The van der Waals surface area contributed by atoms with Gasteiger partial charge in [-0.15, -0.1) is 0 Å². The number of nitrogens with one attached hydrogen (secondary N) is 1. The van der Waals surface area contributed by atoms with E-state index in [0.717, 1.165) is 47.1 Å². The summed E-state index contributed by atoms with van der Waals surface area (Å²) >= 11 is 6.08. The summed E-state index contributed by atoms with van der Waals surface area (Å²) in [5, 5.41) is 1.61. The average Bonchev–Trinajstić information content (AvgIpc) is 3.05. The molecule has 4 rings (SSSR count). The fourth-order valence-corrected chi connectivity index (χ4v) is 3.34. The zero-order valence-electron chi connectivity index (χ0n) is 14.0. The molecule has 0 aliphatic carbocycles. The Morgan fingerprint density at radius 1 is 1.00 bits per heavy atom. The number of fused-ring (bicyclic) bond motifs is 1. The largest absolute Gasteiger partial charge is 0.346 e. The Balaban J connectivity index is 1.43. The van der Waals surface area contributed by atoms with Gasteiger partial charge in [0.15, 0.2) is 0 Å². The number of aryl methyl sites for hydroxylation is 2. The van der Waals surface area contributed by atoms with Crippen molar-refractivity contribution in [2.45, 2.75) is 19.3 Å². The number of hydrogen-bond acceptors (Lipinski definition) is 2. The van der Waals surface area contributed by atoms with Crippen molar-refractivity contribution in [3.05, 3.63) is 94.3 Å². The molecule has 0 spiro atoms. The van der Waals surface area contributed by atoms with E-state index >= 15 is 0 Å². The summed E-state index contributed by atoms with van der Waals surface area (Å²) in [7, 11) is 0. The molecule has 3 heterocycles. The van der Waals surface area contributed by atoms with Crippen LogP contribution in [0.2, 0.25) is 5.02 Å². The third kappa shape index (κ3) is 3.60. The van der Waals surface area contributed by atoms with Gasteiger partial charge in [-0.2, -0.15) is 0 Å². The topological polar surface area (TPSA) is 41.6 Å². The molecule has 26 heavy (non-hydrogen) atoms. The van der Waals surface area contributed by atoms with E-state index in [1.807, 2.05) is 24.5 Å². The monoisotopic (exact) mass is 365 g/mol. The maximum Gasteiger partial charge on any atom is 0.137 e. The first-order chi connectivity index (χ1) is 12.7. The number of H-pyrrole nitrogens is 1. The normalized spacial score (nSPS) is 11.2. The molecule has 0 unspecified atom stereocenters. The summed E-state index contributed by atoms with van der Waals surface area (Å²) in [6, 6.07) is 12.7. The van der Waals surface area contributed by atoms with Crippen molar-refractivity contribution in [3.63, 3.8) is 0 Å². The van der Waals surface area contributed by atoms with Gasteiger partial charge in [-0.05, 0) is 59.9 Å². The van der Waals surface area contributed by atoms with Gasteiger partial charge in [0.2, 0.25) is 0 Å². The Hall–Kier alpha value is -2.72. The summed E-state index contributed by atoms with van der Waals surface area (Å²) in [5.74, 6) is -0.311. The second-order valence-corrected chi connectivity index (χ2v) is 6.69. The van der Waals surface area contributed by atoms with Crippen LogP contribution in [-0.4, -0.2) is 15.0 Å². The standard InChI is InChI=1S/C21H17ClFN3/c22-20-11-17(23)6-4-15(20)5-8-18-7-3-14(12-25-18)10-16-13-26-21-19(16)2-1-9-24-21/h1-4,6-7,9,11-13H,5,8,10H2,(H,24,26). The van der Waals surface area contributed by atoms with Crippen molar-refractivity contribution in [1.82, 2.24) is 15.0 Å². The minimum atomic E-state index is -0.311. The van der Waals surface area contributed by atoms with Crippen LogP contribution >= 0.6 is 11.6 Å². The lowest BCUT2D eigenvalue weighted by Gasteiger charge is -2.06. The highest BCUT2D eigenvalue weighted by Gasteiger charge is 2.07. The number of hydrogen-bond donors (Lipinski definition) is 1. The Morgan fingerprint density at radius 3 is 2.73 bits per heavy atom. The minimum Gasteiger partial charge on any atom is -0.346 e. The summed E-state index contributed by atoms with van der Waals surface area (Å²) < 4.78 is 13.1. The van der Waals surface area contributed by atoms with E-state index in [1.54, 1.807) is 12.3 Å². The quantitative estimate of drug-likeness (QED) is 0.533. The third-order valence-electron chi connectivity index (χ3n) is 4.48. The molecule has 1 N–H and O–H groups in total. The number of nitrogens with zero attached hydrogens (tertiary/aromatic N) is 2. The predicted octanol–water partition coefficient (Wildman–Crippen LogP) is 5.13. The first-order valence-corrected chi connectivity index (χ1v) is 8.85. The van der Waals surface area contributed by atoms with E-state index in [1.165, 1.54) is 17.7 Å². The van der Waals surface area contributed by atoms with Crippen molar-refractivity contribution in [2.24, 2.45) is 0 Å². The molecule has 0 aliphatic heterocycles. The lowest BCUT2D eigenvalue weighted by Crippen LogP contribution is -1.97. The van der Waals surface area contributed by atoms with Gasteiger partial charge in [-0.3, -0.25) is 4.98 Å². The highest BCUT2D eigenvalue weighted by atomic mass is 35.5. The van der Waals surface area contributed by atoms with Gasteiger partial charge in [0.05, 0.1) is 0 Å². The number of aromatic nitrogens is 3. The predicted molar refractivity (Wildman–Crippen MR) is 102 cm³/mol. The maximum atomic E-state index is 13.1. The Labute approximate surface area is 155 Å². The molecule has 0 atom stereocenters. The molecule has 5 heteroatoms. The number of rotatable bonds is 5. The molecule has 0 fully saturated rings. The molecule has 3 aromatic heterocycles. The van der Waals surface area contributed by atoms with Gasteiger partial charge in [0.25, 0.3) is 0 Å². The number of pyridine rings is 2. The summed E-state index contributed by atoms with van der Waals surface area (Å²) in [6.45, 7) is 0. The zero-order chi connectivity index (χ0) is 17.9. The van der Waals surface area contributed by atoms with E-state index in [0.29, 0.717) is 5.02 Å². The molecule has 3 nitrogen and oxygen atoms in total. The van der Waals surface area contributed by atoms with E-state index in [2.05, 4.69) is 27.1 Å². The van der Waals surface area contributed by atoms with Crippen LogP contribution in [0.5, 0.6) is 0 Å². The van der Waals surface area contributed by atoms with Crippen molar-refractivity contribution in [1.29, 1.82) is 0 Å². The van der Waals surface area contributed by atoms with Gasteiger partial charge >= 0.3 is 0 Å². The van der Waals surface area contributed by atoms with E-state index in [-0.39, 0.29) is 5.82 Å². The van der Waals surface area contributed by atoms with E-state index < -0.39 is 0 Å². The fourth-order valence-electron chi connectivity index (χ4n) is 3.07. The molecule has 0 radical (unpaired) electrons. The van der Waals surface area contributed by atoms with Crippen molar-refractivity contribution in [3.8, 4) is 0 Å². The Kier molecular flexibility index (Phi) is 4.67. The van der Waals surface area contributed by atoms with Crippen molar-refractivity contribution >= 4 is 22.6 Å². The van der Waals surface area contributed by atoms with Crippen LogP contribution in [0.15, 0.2) is 61.1 Å². The Morgan fingerprint density at radius 2 is 1.92 bits per heavy atom. The first kappa shape index (κ1) is 16.7. The Bertz CT molecular complexity index is 1040. The second-order valence-electron chi connectivity index (χ2n) is 6.28. The van der Waals surface area contributed by atoms with E-state index in [9.17, 15) is 4.39 Å². The number of aromatic amines is 1. The van der Waals surface area contributed by atoms with Crippen molar-refractivity contribution < 1.29 is 4.39 Å². The van der Waals surface area contributed by atoms with E-state index in [4.69, 9.17) is 11.6 Å². The summed E-state index contributed by atoms with van der Waals surface area (Å²) in [5.41, 5.74) is 5.20. The van der Waals surface area contributed by atoms with Crippen LogP contribution in [0.25, 0.3) is 11.0 Å². The number of benzene rings is 1. The van der Waals surface area contributed by atoms with Crippen molar-refractivity contribution in [2.75, 3.05) is 0 Å². The van der Waals surface area contributed by atoms with Crippen LogP contribution < -0.4 is 0 Å². The lowest BCUT2D eigenvalue weighted by atomic mass is 10.0. The molecule has 0 aliphatic rings. The zero-order valence-corrected chi connectivity index (χ0v) is 14.8. The highest BCUT2D eigenvalue weighted by Crippen LogP contribution is 2.21. The van der Waals surface area contributed by atoms with Gasteiger partial charge < -0.3 is 4.98 Å². The van der Waals surface area contributed by atoms with Gasteiger partial charge in [0.1, 0.15) is 11.5 Å². The number of halogens is 2. The summed E-state index contributed by atoms with van der Waals surface area (Å²) in [6.07, 6.45) is 8.01. The molecule has 1 aromatic carbocycles. The van der Waals surface area contributed by atoms with Gasteiger partial charge in [-0.25, -0.2) is 9.37 Å². The maximum absolute atomic E-state index is 13.1. The summed E-state index contributed by atoms with van der Waals surface area (Å²) in [4.78, 5) is 12.1. The second kappa shape index (κ2) is 7.26. The fraction of sp³-hybridized carbons (Fsp3) is 0.143. The van der Waals surface area contributed by atoms with Crippen LogP contribution in [0.4, 0.5) is 4.39 Å². The van der Waals surface area contributed by atoms with Crippen LogP contribution in [0.1, 0.15) is 22.4 Å². The molecule has 0 saturated carbocycles.